The number of anilines is 3. The summed E-state index contributed by atoms with van der Waals surface area (Å²) in [5.74, 6) is -0.145. The standard InChI is InChI=1S/C18H22N4O4S/c1-11(2)9-26-18(25)22-17-21-15(10-27-17)8-16(24)20-14-6-4-13(5-7-14)19-12(3)23/h4-7,10-11H,8-9H2,1-3H3,(H,19,23)(H,20,24)(H,21,22,25). The van der Waals surface area contributed by atoms with Crippen molar-refractivity contribution in [1.82, 2.24) is 4.98 Å². The molecular weight excluding hydrogens is 368 g/mol. The monoisotopic (exact) mass is 390 g/mol. The third-order valence-electron chi connectivity index (χ3n) is 3.14. The number of aromatic nitrogens is 1. The van der Waals surface area contributed by atoms with Gasteiger partial charge in [0.15, 0.2) is 5.13 Å². The second-order valence-electron chi connectivity index (χ2n) is 6.24. The summed E-state index contributed by atoms with van der Waals surface area (Å²) in [6.07, 6.45) is -0.486. The Morgan fingerprint density at radius 1 is 1.07 bits per heavy atom. The van der Waals surface area contributed by atoms with E-state index in [1.165, 1.54) is 18.3 Å². The van der Waals surface area contributed by atoms with Gasteiger partial charge < -0.3 is 15.4 Å². The second kappa shape index (κ2) is 9.67. The van der Waals surface area contributed by atoms with Gasteiger partial charge in [0.05, 0.1) is 18.7 Å². The number of thiazole rings is 1. The summed E-state index contributed by atoms with van der Waals surface area (Å²) < 4.78 is 5.02. The molecule has 2 rings (SSSR count). The Bertz CT molecular complexity index is 802. The lowest BCUT2D eigenvalue weighted by atomic mass is 10.2. The molecule has 8 nitrogen and oxygen atoms in total. The highest BCUT2D eigenvalue weighted by Gasteiger charge is 2.11. The van der Waals surface area contributed by atoms with Crippen LogP contribution in [0.2, 0.25) is 0 Å². The van der Waals surface area contributed by atoms with Gasteiger partial charge in [-0.2, -0.15) is 0 Å². The zero-order valence-electron chi connectivity index (χ0n) is 15.4. The maximum Gasteiger partial charge on any atom is 0.413 e. The SMILES string of the molecule is CC(=O)Nc1ccc(NC(=O)Cc2csc(NC(=O)OCC(C)C)n2)cc1. The van der Waals surface area contributed by atoms with E-state index in [1.807, 2.05) is 13.8 Å². The smallest absolute Gasteiger partial charge is 0.413 e. The molecule has 144 valence electrons. The lowest BCUT2D eigenvalue weighted by molar-refractivity contribution is -0.116. The van der Waals surface area contributed by atoms with Gasteiger partial charge in [0.1, 0.15) is 0 Å². The number of rotatable bonds is 7. The molecule has 0 bridgehead atoms. The predicted molar refractivity (Wildman–Crippen MR) is 105 cm³/mol. The summed E-state index contributed by atoms with van der Waals surface area (Å²) in [6, 6.07) is 6.79. The fraction of sp³-hybridized carbons (Fsp3) is 0.333. The van der Waals surface area contributed by atoms with Crippen molar-refractivity contribution in [3.63, 3.8) is 0 Å². The Morgan fingerprint density at radius 2 is 1.70 bits per heavy atom. The zero-order chi connectivity index (χ0) is 19.8. The second-order valence-corrected chi connectivity index (χ2v) is 7.10. The number of benzene rings is 1. The summed E-state index contributed by atoms with van der Waals surface area (Å²) in [5, 5.41) is 10.0. The molecule has 0 unspecified atom stereocenters. The number of hydrogen-bond donors (Lipinski definition) is 3. The first-order valence-electron chi connectivity index (χ1n) is 8.37. The van der Waals surface area contributed by atoms with E-state index in [9.17, 15) is 14.4 Å². The van der Waals surface area contributed by atoms with Gasteiger partial charge in [-0.3, -0.25) is 14.9 Å². The predicted octanol–water partition coefficient (Wildman–Crippen LogP) is 3.49. The molecular formula is C18H22N4O4S. The molecule has 0 saturated carbocycles. The van der Waals surface area contributed by atoms with Gasteiger partial charge in [0.25, 0.3) is 0 Å². The number of carbonyl (C=O) groups excluding carboxylic acids is 3. The minimum Gasteiger partial charge on any atom is -0.449 e. The summed E-state index contributed by atoms with van der Waals surface area (Å²) in [5.41, 5.74) is 1.81. The van der Waals surface area contributed by atoms with Gasteiger partial charge in [-0.05, 0) is 30.2 Å². The van der Waals surface area contributed by atoms with Crippen molar-refractivity contribution < 1.29 is 19.1 Å². The van der Waals surface area contributed by atoms with E-state index in [0.29, 0.717) is 28.8 Å². The molecule has 0 saturated heterocycles. The third-order valence-corrected chi connectivity index (χ3v) is 3.95. The van der Waals surface area contributed by atoms with E-state index >= 15 is 0 Å². The van der Waals surface area contributed by atoms with Crippen LogP contribution in [0.4, 0.5) is 21.3 Å². The number of hydrogen-bond acceptors (Lipinski definition) is 6. The lowest BCUT2D eigenvalue weighted by Crippen LogP contribution is -2.17. The molecule has 0 aliphatic rings. The number of ether oxygens (including phenoxy) is 1. The van der Waals surface area contributed by atoms with Gasteiger partial charge in [-0.25, -0.2) is 9.78 Å². The molecule has 0 radical (unpaired) electrons. The molecule has 0 fully saturated rings. The zero-order valence-corrected chi connectivity index (χ0v) is 16.2. The Hall–Kier alpha value is -2.94. The van der Waals surface area contributed by atoms with Crippen molar-refractivity contribution in [3.05, 3.63) is 35.3 Å². The minimum absolute atomic E-state index is 0.0761. The van der Waals surface area contributed by atoms with E-state index in [-0.39, 0.29) is 24.2 Å². The summed E-state index contributed by atoms with van der Waals surface area (Å²) in [7, 11) is 0. The number of carbonyl (C=O) groups is 3. The van der Waals surface area contributed by atoms with E-state index in [4.69, 9.17) is 4.74 Å². The summed E-state index contributed by atoms with van der Waals surface area (Å²) >= 11 is 1.22. The molecule has 9 heteroatoms. The fourth-order valence-corrected chi connectivity index (χ4v) is 2.72. The first-order valence-corrected chi connectivity index (χ1v) is 9.25. The van der Waals surface area contributed by atoms with E-state index in [0.717, 1.165) is 0 Å². The van der Waals surface area contributed by atoms with Crippen LogP contribution >= 0.6 is 11.3 Å². The van der Waals surface area contributed by atoms with E-state index in [2.05, 4.69) is 20.9 Å². The van der Waals surface area contributed by atoms with Crippen LogP contribution in [0.3, 0.4) is 0 Å². The van der Waals surface area contributed by atoms with E-state index in [1.54, 1.807) is 29.6 Å². The van der Waals surface area contributed by atoms with Crippen LogP contribution in [-0.2, 0) is 20.7 Å². The molecule has 0 aliphatic heterocycles. The van der Waals surface area contributed by atoms with E-state index < -0.39 is 6.09 Å². The lowest BCUT2D eigenvalue weighted by Gasteiger charge is -2.07. The molecule has 2 aromatic rings. The normalized spacial score (nSPS) is 10.4. The van der Waals surface area contributed by atoms with Crippen LogP contribution in [0.1, 0.15) is 26.5 Å². The average Bonchev–Trinajstić information content (AvgIpc) is 3.01. The molecule has 0 atom stereocenters. The maximum atomic E-state index is 12.1. The van der Waals surface area contributed by atoms with Crippen LogP contribution in [-0.4, -0.2) is 29.5 Å². The Balaban J connectivity index is 1.83. The van der Waals surface area contributed by atoms with Gasteiger partial charge >= 0.3 is 6.09 Å². The topological polar surface area (TPSA) is 109 Å². The quantitative estimate of drug-likeness (QED) is 0.670. The van der Waals surface area contributed by atoms with Crippen LogP contribution in [0.5, 0.6) is 0 Å². The van der Waals surface area contributed by atoms with Crippen molar-refractivity contribution in [2.45, 2.75) is 27.2 Å². The van der Waals surface area contributed by atoms with Crippen LogP contribution < -0.4 is 16.0 Å². The fourth-order valence-electron chi connectivity index (χ4n) is 2.02. The first-order chi connectivity index (χ1) is 12.8. The molecule has 3 N–H and O–H groups in total. The van der Waals surface area contributed by atoms with Gasteiger partial charge in [0.2, 0.25) is 11.8 Å². The average molecular weight is 390 g/mol. The summed E-state index contributed by atoms with van der Waals surface area (Å²) in [6.45, 7) is 5.64. The Labute approximate surface area is 161 Å². The molecule has 1 heterocycles. The van der Waals surface area contributed by atoms with Gasteiger partial charge in [-0.1, -0.05) is 13.8 Å². The minimum atomic E-state index is -0.562. The highest BCUT2D eigenvalue weighted by atomic mass is 32.1. The molecule has 3 amide bonds. The molecule has 27 heavy (non-hydrogen) atoms. The molecule has 1 aromatic carbocycles. The number of amides is 3. The van der Waals surface area contributed by atoms with Crippen molar-refractivity contribution in [2.75, 3.05) is 22.6 Å². The van der Waals surface area contributed by atoms with Gasteiger partial charge in [-0.15, -0.1) is 11.3 Å². The van der Waals surface area contributed by atoms with Crippen molar-refractivity contribution in [1.29, 1.82) is 0 Å². The maximum absolute atomic E-state index is 12.1. The Morgan fingerprint density at radius 3 is 2.30 bits per heavy atom. The molecule has 0 aliphatic carbocycles. The largest absolute Gasteiger partial charge is 0.449 e. The molecule has 1 aromatic heterocycles. The van der Waals surface area contributed by atoms with Gasteiger partial charge in [0, 0.05) is 23.7 Å². The Kier molecular flexibility index (Phi) is 7.30. The molecule has 0 spiro atoms. The van der Waals surface area contributed by atoms with Crippen LogP contribution in [0.15, 0.2) is 29.6 Å². The highest BCUT2D eigenvalue weighted by Crippen LogP contribution is 2.17. The third kappa shape index (κ3) is 7.45. The number of nitrogens with zero attached hydrogens (tertiary/aromatic N) is 1. The van der Waals surface area contributed by atoms with Crippen LogP contribution in [0.25, 0.3) is 0 Å². The highest BCUT2D eigenvalue weighted by molar-refractivity contribution is 7.13. The van der Waals surface area contributed by atoms with Crippen molar-refractivity contribution in [2.24, 2.45) is 5.92 Å². The number of nitrogens with one attached hydrogen (secondary N) is 3. The van der Waals surface area contributed by atoms with Crippen LogP contribution in [0, 0.1) is 5.92 Å². The first kappa shape index (κ1) is 20.4. The summed E-state index contributed by atoms with van der Waals surface area (Å²) in [4.78, 5) is 38.9. The van der Waals surface area contributed by atoms with Crippen molar-refractivity contribution in [3.8, 4) is 0 Å². The van der Waals surface area contributed by atoms with Crippen molar-refractivity contribution >= 4 is 45.8 Å².